The number of hydrogen-bond donors (Lipinski definition) is 1. The Morgan fingerprint density at radius 2 is 1.41 bits per heavy atom. The number of aryl methyl sites for hydroxylation is 1. The zero-order valence-corrected chi connectivity index (χ0v) is 28.0. The standard InChI is InChI=1S/C37H41N3O4S2/c1-28-17-19-32(20-18-28)40(46(43,44)34-23-21-33(45-2)22-24-34)27-36(41)39(26-30-13-7-4-8-14-30)35(25-29-11-5-3-6-12-29)37(42)38-31-15-9-10-16-31/h3-8,11-14,17-24,31,35H,9-10,15-16,25-27H2,1-2H3,(H,38,42)/t35-/m0/s1. The highest BCUT2D eigenvalue weighted by Crippen LogP contribution is 2.27. The van der Waals surface area contributed by atoms with E-state index in [1.165, 1.54) is 11.8 Å². The molecule has 1 fully saturated rings. The number of carbonyl (C=O) groups is 2. The minimum atomic E-state index is -4.14. The molecule has 240 valence electrons. The van der Waals surface area contributed by atoms with E-state index in [0.717, 1.165) is 51.6 Å². The monoisotopic (exact) mass is 655 g/mol. The van der Waals surface area contributed by atoms with E-state index in [2.05, 4.69) is 5.32 Å². The van der Waals surface area contributed by atoms with Gasteiger partial charge in [0.15, 0.2) is 0 Å². The summed E-state index contributed by atoms with van der Waals surface area (Å²) in [6.07, 6.45) is 6.16. The van der Waals surface area contributed by atoms with Gasteiger partial charge in [-0.1, -0.05) is 91.2 Å². The molecule has 5 rings (SSSR count). The highest BCUT2D eigenvalue weighted by atomic mass is 32.2. The van der Waals surface area contributed by atoms with E-state index >= 15 is 0 Å². The van der Waals surface area contributed by atoms with Gasteiger partial charge in [-0.3, -0.25) is 13.9 Å². The molecule has 0 heterocycles. The van der Waals surface area contributed by atoms with Crippen LogP contribution in [0.1, 0.15) is 42.4 Å². The number of amides is 2. The number of nitrogens with zero attached hydrogens (tertiary/aromatic N) is 2. The summed E-state index contributed by atoms with van der Waals surface area (Å²) in [7, 11) is -4.14. The van der Waals surface area contributed by atoms with Crippen LogP contribution in [0.3, 0.4) is 0 Å². The summed E-state index contributed by atoms with van der Waals surface area (Å²) >= 11 is 1.52. The number of sulfonamides is 1. The maximum Gasteiger partial charge on any atom is 0.264 e. The molecule has 0 aliphatic heterocycles. The third-order valence-electron chi connectivity index (χ3n) is 8.42. The maximum atomic E-state index is 14.6. The van der Waals surface area contributed by atoms with Crippen molar-refractivity contribution in [3.63, 3.8) is 0 Å². The second-order valence-electron chi connectivity index (χ2n) is 11.7. The lowest BCUT2D eigenvalue weighted by molar-refractivity contribution is -0.140. The largest absolute Gasteiger partial charge is 0.352 e. The van der Waals surface area contributed by atoms with E-state index in [1.807, 2.05) is 86.0 Å². The average molecular weight is 656 g/mol. The number of thioether (sulfide) groups is 1. The zero-order valence-electron chi connectivity index (χ0n) is 26.3. The van der Waals surface area contributed by atoms with Gasteiger partial charge in [0, 0.05) is 23.9 Å². The summed E-state index contributed by atoms with van der Waals surface area (Å²) in [5.41, 5.74) is 3.10. The number of carbonyl (C=O) groups excluding carboxylic acids is 2. The van der Waals surface area contributed by atoms with Gasteiger partial charge in [0.05, 0.1) is 10.6 Å². The summed E-state index contributed by atoms with van der Waals surface area (Å²) in [6.45, 7) is 1.61. The normalized spacial score (nSPS) is 14.0. The highest BCUT2D eigenvalue weighted by molar-refractivity contribution is 7.98. The van der Waals surface area contributed by atoms with E-state index in [9.17, 15) is 18.0 Å². The highest BCUT2D eigenvalue weighted by Gasteiger charge is 2.35. The molecule has 7 nitrogen and oxygen atoms in total. The minimum absolute atomic E-state index is 0.0631. The van der Waals surface area contributed by atoms with Crippen molar-refractivity contribution in [1.29, 1.82) is 0 Å². The molecule has 1 aliphatic carbocycles. The molecular weight excluding hydrogens is 615 g/mol. The molecule has 46 heavy (non-hydrogen) atoms. The zero-order chi connectivity index (χ0) is 32.5. The maximum absolute atomic E-state index is 14.6. The van der Waals surface area contributed by atoms with Gasteiger partial charge >= 0.3 is 0 Å². The first kappa shape index (κ1) is 33.3. The Bertz CT molecular complexity index is 1690. The van der Waals surface area contributed by atoms with Crippen molar-refractivity contribution in [3.05, 3.63) is 126 Å². The summed E-state index contributed by atoms with van der Waals surface area (Å²) in [4.78, 5) is 31.2. The van der Waals surface area contributed by atoms with Crippen LogP contribution in [0.5, 0.6) is 0 Å². The first-order valence-electron chi connectivity index (χ1n) is 15.7. The number of nitrogens with one attached hydrogen (secondary N) is 1. The molecule has 1 saturated carbocycles. The Morgan fingerprint density at radius 3 is 2.00 bits per heavy atom. The number of hydrogen-bond acceptors (Lipinski definition) is 5. The topological polar surface area (TPSA) is 86.8 Å². The van der Waals surface area contributed by atoms with Crippen molar-refractivity contribution in [2.45, 2.75) is 67.4 Å². The summed E-state index contributed by atoms with van der Waals surface area (Å²) in [5, 5.41) is 3.21. The average Bonchev–Trinajstić information content (AvgIpc) is 3.59. The van der Waals surface area contributed by atoms with E-state index < -0.39 is 28.5 Å². The lowest BCUT2D eigenvalue weighted by Crippen LogP contribution is -2.54. The van der Waals surface area contributed by atoms with Crippen LogP contribution in [0.15, 0.2) is 119 Å². The van der Waals surface area contributed by atoms with Crippen LogP contribution < -0.4 is 9.62 Å². The van der Waals surface area contributed by atoms with Crippen molar-refractivity contribution in [1.82, 2.24) is 10.2 Å². The van der Waals surface area contributed by atoms with E-state index in [-0.39, 0.29) is 23.4 Å². The Hall–Kier alpha value is -4.08. The third kappa shape index (κ3) is 8.39. The van der Waals surface area contributed by atoms with Gasteiger partial charge in [-0.2, -0.15) is 0 Å². The minimum Gasteiger partial charge on any atom is -0.352 e. The molecule has 0 unspecified atom stereocenters. The van der Waals surface area contributed by atoms with E-state index in [1.54, 1.807) is 41.3 Å². The van der Waals surface area contributed by atoms with Crippen LogP contribution in [0.4, 0.5) is 5.69 Å². The van der Waals surface area contributed by atoms with Crippen molar-refractivity contribution in [2.75, 3.05) is 17.1 Å². The van der Waals surface area contributed by atoms with Gasteiger partial charge in [-0.05, 0) is 73.5 Å². The van der Waals surface area contributed by atoms with E-state index in [0.29, 0.717) is 12.1 Å². The molecule has 2 amide bonds. The number of anilines is 1. The van der Waals surface area contributed by atoms with Crippen LogP contribution in [0.2, 0.25) is 0 Å². The van der Waals surface area contributed by atoms with Gasteiger partial charge in [0.2, 0.25) is 11.8 Å². The molecule has 4 aromatic rings. The molecule has 0 bridgehead atoms. The molecule has 0 saturated heterocycles. The second-order valence-corrected chi connectivity index (χ2v) is 14.5. The Balaban J connectivity index is 1.54. The fraction of sp³-hybridized carbons (Fsp3) is 0.297. The molecule has 1 aliphatic rings. The fourth-order valence-corrected chi connectivity index (χ4v) is 7.64. The summed E-state index contributed by atoms with van der Waals surface area (Å²) in [5.74, 6) is -0.686. The molecule has 0 spiro atoms. The predicted molar refractivity (Wildman–Crippen MR) is 185 cm³/mol. The van der Waals surface area contributed by atoms with Crippen molar-refractivity contribution < 1.29 is 18.0 Å². The number of rotatable bonds is 13. The predicted octanol–water partition coefficient (Wildman–Crippen LogP) is 6.61. The van der Waals surface area contributed by atoms with Crippen LogP contribution in [-0.4, -0.2) is 50.0 Å². The van der Waals surface area contributed by atoms with Gasteiger partial charge < -0.3 is 10.2 Å². The molecule has 4 aromatic carbocycles. The second kappa shape index (κ2) is 15.5. The van der Waals surface area contributed by atoms with E-state index in [4.69, 9.17) is 0 Å². The summed E-state index contributed by atoms with van der Waals surface area (Å²) < 4.78 is 29.6. The van der Waals surface area contributed by atoms with Crippen LogP contribution in [-0.2, 0) is 32.6 Å². The first-order valence-corrected chi connectivity index (χ1v) is 18.3. The lowest BCUT2D eigenvalue weighted by Gasteiger charge is -2.34. The summed E-state index contributed by atoms with van der Waals surface area (Å²) in [6, 6.07) is 32.1. The van der Waals surface area contributed by atoms with Crippen molar-refractivity contribution in [3.8, 4) is 0 Å². The first-order chi connectivity index (χ1) is 22.2. The Labute approximate surface area is 277 Å². The van der Waals surface area contributed by atoms with Gasteiger partial charge in [0.1, 0.15) is 12.6 Å². The van der Waals surface area contributed by atoms with Gasteiger partial charge in [-0.15, -0.1) is 11.8 Å². The molecular formula is C37H41N3O4S2. The Kier molecular flexibility index (Phi) is 11.2. The quantitative estimate of drug-likeness (QED) is 0.164. The van der Waals surface area contributed by atoms with Crippen LogP contribution in [0.25, 0.3) is 0 Å². The SMILES string of the molecule is CSc1ccc(S(=O)(=O)N(CC(=O)N(Cc2ccccc2)[C@@H](Cc2ccccc2)C(=O)NC2CCCC2)c2ccc(C)cc2)cc1. The van der Waals surface area contributed by atoms with Crippen LogP contribution >= 0.6 is 11.8 Å². The lowest BCUT2D eigenvalue weighted by atomic mass is 10.0. The van der Waals surface area contributed by atoms with Crippen molar-refractivity contribution >= 4 is 39.3 Å². The smallest absolute Gasteiger partial charge is 0.264 e. The number of benzene rings is 4. The molecule has 9 heteroatoms. The van der Waals surface area contributed by atoms with Gasteiger partial charge in [-0.25, -0.2) is 8.42 Å². The van der Waals surface area contributed by atoms with Gasteiger partial charge in [0.25, 0.3) is 10.0 Å². The molecule has 1 N–H and O–H groups in total. The van der Waals surface area contributed by atoms with Crippen LogP contribution in [0, 0.1) is 6.92 Å². The Morgan fingerprint density at radius 1 is 0.826 bits per heavy atom. The molecule has 1 atom stereocenters. The molecule has 0 aromatic heterocycles. The molecule has 0 radical (unpaired) electrons. The van der Waals surface area contributed by atoms with Crippen molar-refractivity contribution in [2.24, 2.45) is 0 Å². The fourth-order valence-electron chi connectivity index (χ4n) is 5.82. The third-order valence-corrected chi connectivity index (χ3v) is 10.9.